The fourth-order valence-corrected chi connectivity index (χ4v) is 6.49. The zero-order valence-corrected chi connectivity index (χ0v) is 23.7. The van der Waals surface area contributed by atoms with Crippen LogP contribution in [0, 0.1) is 23.2 Å². The van der Waals surface area contributed by atoms with Crippen LogP contribution in [0.4, 0.5) is 0 Å². The minimum absolute atomic E-state index is 0.213. The summed E-state index contributed by atoms with van der Waals surface area (Å²) in [4.78, 5) is 12.8. The molecule has 6 rings (SSSR count). The third-order valence-corrected chi connectivity index (χ3v) is 9.20. The maximum absolute atomic E-state index is 12.8. The molecular weight excluding hydrogens is 619 g/mol. The Morgan fingerprint density at radius 3 is 2.11 bits per heavy atom. The average molecular weight is 647 g/mol. The van der Waals surface area contributed by atoms with Gasteiger partial charge < -0.3 is 12.5 Å². The van der Waals surface area contributed by atoms with Gasteiger partial charge in [0, 0.05) is 0 Å². The second-order valence-corrected chi connectivity index (χ2v) is 11.6. The number of halogens is 2. The second kappa shape index (κ2) is 9.77. The van der Waals surface area contributed by atoms with Gasteiger partial charge >= 0.3 is 5.97 Å². The summed E-state index contributed by atoms with van der Waals surface area (Å²) < 4.78 is 18.0. The highest BCUT2D eigenvalue weighted by molar-refractivity contribution is 14.1. The molecule has 3 fully saturated rings. The predicted octanol–water partition coefficient (Wildman–Crippen LogP) is 8.51. The second-order valence-electron chi connectivity index (χ2n) is 10.3. The summed E-state index contributed by atoms with van der Waals surface area (Å²) in [6.07, 6.45) is 2.62. The molecule has 0 N–H and O–H groups in total. The van der Waals surface area contributed by atoms with E-state index in [2.05, 4.69) is 36.7 Å². The van der Waals surface area contributed by atoms with Crippen molar-refractivity contribution in [1.82, 2.24) is 0 Å². The van der Waals surface area contributed by atoms with Crippen LogP contribution in [0.2, 0.25) is 0 Å². The molecule has 0 saturated heterocycles. The summed E-state index contributed by atoms with van der Waals surface area (Å²) in [5.74, 6) is 3.65. The zero-order valence-electron chi connectivity index (χ0n) is 20.0. The van der Waals surface area contributed by atoms with Crippen molar-refractivity contribution < 1.29 is 17.3 Å². The highest BCUT2D eigenvalue weighted by atomic mass is 127. The number of fused-ring (bicyclic) bond motifs is 2. The molecule has 182 valence electrons. The average Bonchev–Trinajstić information content (AvgIpc) is 2.86. The van der Waals surface area contributed by atoms with Crippen LogP contribution in [0.25, 0.3) is 11.1 Å². The molecule has 3 saturated carbocycles. The number of hydrogen-bond donors (Lipinski definition) is 0. The monoisotopic (exact) mass is 646 g/mol. The van der Waals surface area contributed by atoms with E-state index in [1.54, 1.807) is 24.3 Å². The molecule has 0 heterocycles. The topological polar surface area (TPSA) is 44.8 Å². The number of carbonyl (C=O) groups is 1. The van der Waals surface area contributed by atoms with Crippen LogP contribution in [0.5, 0.6) is 17.2 Å². The lowest BCUT2D eigenvalue weighted by atomic mass is 9.45. The number of hydrogen-bond acceptors (Lipinski definition) is 4. The summed E-state index contributed by atoms with van der Waals surface area (Å²) >= 11 is 5.46. The first-order chi connectivity index (χ1) is 16.8. The van der Waals surface area contributed by atoms with Crippen LogP contribution >= 0.6 is 38.9 Å². The van der Waals surface area contributed by atoms with Crippen molar-refractivity contribution in [2.75, 3.05) is 0 Å². The maximum atomic E-state index is 12.8. The molecule has 3 aliphatic carbocycles. The Morgan fingerprint density at radius 2 is 1.57 bits per heavy atom. The Hall–Kier alpha value is -2.06. The van der Waals surface area contributed by atoms with Crippen molar-refractivity contribution in [3.8, 4) is 28.4 Å². The molecule has 0 amide bonds. The van der Waals surface area contributed by atoms with Gasteiger partial charge in [-0.1, -0.05) is 45.0 Å². The van der Waals surface area contributed by atoms with Gasteiger partial charge in [-0.25, -0.2) is 4.79 Å². The molecule has 4 atom stereocenters. The van der Waals surface area contributed by atoms with Crippen molar-refractivity contribution in [3.05, 3.63) is 76.8 Å². The lowest BCUT2D eigenvalue weighted by Gasteiger charge is -2.61. The number of benzene rings is 3. The van der Waals surface area contributed by atoms with E-state index in [0.29, 0.717) is 22.6 Å². The van der Waals surface area contributed by atoms with E-state index in [1.165, 1.54) is 6.42 Å². The van der Waals surface area contributed by atoms with Crippen LogP contribution in [0.1, 0.15) is 44.0 Å². The third-order valence-electron chi connectivity index (χ3n) is 8.07. The number of ether oxygens (including phenoxy) is 2. The summed E-state index contributed by atoms with van der Waals surface area (Å²) in [6.45, 7) is 7.09. The molecule has 4 nitrogen and oxygen atoms in total. The van der Waals surface area contributed by atoms with Gasteiger partial charge in [0.1, 0.15) is 23.4 Å². The molecule has 0 radical (unpaired) electrons. The van der Waals surface area contributed by atoms with Crippen LogP contribution in [-0.2, 0) is 0 Å². The molecule has 0 aromatic heterocycles. The van der Waals surface area contributed by atoms with Crippen LogP contribution in [0.3, 0.4) is 0 Å². The Balaban J connectivity index is 1.22. The van der Waals surface area contributed by atoms with Gasteiger partial charge in [-0.3, -0.25) is 0 Å². The van der Waals surface area contributed by atoms with Crippen LogP contribution < -0.4 is 12.5 Å². The minimum Gasteiger partial charge on any atom is -0.489 e. The maximum Gasteiger partial charge on any atom is 0.343 e. The normalized spacial score (nSPS) is 24.3. The quantitative estimate of drug-likeness (QED) is 0.153. The Labute approximate surface area is 229 Å². The highest BCUT2D eigenvalue weighted by Gasteiger charge is 2.57. The van der Waals surface area contributed by atoms with E-state index in [9.17, 15) is 4.79 Å². The van der Waals surface area contributed by atoms with Gasteiger partial charge in [-0.15, -0.1) is 0 Å². The number of rotatable bonds is 6. The van der Waals surface area contributed by atoms with E-state index >= 15 is 0 Å². The van der Waals surface area contributed by atoms with Gasteiger partial charge in [-0.05, 0) is 106 Å². The Bertz CT molecular complexity index is 1220. The number of esters is 1. The van der Waals surface area contributed by atoms with E-state index in [4.69, 9.17) is 12.5 Å². The Morgan fingerprint density at radius 1 is 0.943 bits per heavy atom. The molecule has 0 aliphatic heterocycles. The van der Waals surface area contributed by atoms with E-state index in [1.807, 2.05) is 65.5 Å². The lowest BCUT2D eigenvalue weighted by molar-refractivity contribution is -0.147. The smallest absolute Gasteiger partial charge is 0.343 e. The van der Waals surface area contributed by atoms with Gasteiger partial charge in [0.25, 0.3) is 0 Å². The number of carbonyl (C=O) groups excluding carboxylic acids is 1. The molecule has 2 bridgehead atoms. The lowest BCUT2D eigenvalue weighted by Crippen LogP contribution is -2.57. The van der Waals surface area contributed by atoms with Crippen LogP contribution in [-0.4, -0.2) is 12.1 Å². The van der Waals surface area contributed by atoms with Crippen molar-refractivity contribution >= 4 is 44.9 Å². The van der Waals surface area contributed by atoms with Crippen molar-refractivity contribution in [2.24, 2.45) is 23.2 Å². The van der Waals surface area contributed by atoms with Crippen molar-refractivity contribution in [1.29, 1.82) is 0 Å². The summed E-state index contributed by atoms with van der Waals surface area (Å²) in [5, 5.41) is 0. The summed E-state index contributed by atoms with van der Waals surface area (Å²) in [5.41, 5.74) is 3.00. The van der Waals surface area contributed by atoms with E-state index < -0.39 is 5.97 Å². The van der Waals surface area contributed by atoms with Crippen molar-refractivity contribution in [2.45, 2.75) is 39.7 Å². The summed E-state index contributed by atoms with van der Waals surface area (Å²) in [7, 11) is 0. The molecule has 0 spiro atoms. The van der Waals surface area contributed by atoms with Crippen molar-refractivity contribution in [3.63, 3.8) is 0 Å². The first-order valence-electron chi connectivity index (χ1n) is 11.9. The molecule has 35 heavy (non-hydrogen) atoms. The largest absolute Gasteiger partial charge is 0.489 e. The standard InChI is InChI=1S/C29H28BrIO4/c1-17-24-15-21(29(24,2)3)16-27(17)34-26-13-8-20(14-25(26)30)28(32)33-22-9-4-18(5-10-22)19-6-11-23(35-31)12-7-19/h4-14,17,21,24,27H,15-16H2,1-3H3. The SMILES string of the molecule is CC1C(Oc2ccc(C(=O)Oc3ccc(-c4ccc(OI)cc4)cc3)cc2Br)CC2CC1C2(C)C. The minimum atomic E-state index is -0.400. The first kappa shape index (κ1) is 24.6. The third kappa shape index (κ3) is 4.84. The molecule has 3 aromatic rings. The van der Waals surface area contributed by atoms with Gasteiger partial charge in [0.2, 0.25) is 0 Å². The van der Waals surface area contributed by atoms with Gasteiger partial charge in [0.05, 0.1) is 10.0 Å². The van der Waals surface area contributed by atoms with Crippen LogP contribution in [0.15, 0.2) is 71.2 Å². The molecule has 6 heteroatoms. The molecule has 3 aromatic carbocycles. The fraction of sp³-hybridized carbons (Fsp3) is 0.345. The van der Waals surface area contributed by atoms with Gasteiger partial charge in [0.15, 0.2) is 23.0 Å². The van der Waals surface area contributed by atoms with E-state index in [0.717, 1.165) is 45.4 Å². The molecular formula is C29H28BrIO4. The highest BCUT2D eigenvalue weighted by Crippen LogP contribution is 2.61. The Kier molecular flexibility index (Phi) is 6.87. The first-order valence-corrected chi connectivity index (χ1v) is 13.6. The summed E-state index contributed by atoms with van der Waals surface area (Å²) in [6, 6.07) is 20.7. The fourth-order valence-electron chi connectivity index (χ4n) is 5.72. The molecule has 3 aliphatic rings. The zero-order chi connectivity index (χ0) is 24.7. The predicted molar refractivity (Wildman–Crippen MR) is 149 cm³/mol. The van der Waals surface area contributed by atoms with E-state index in [-0.39, 0.29) is 6.10 Å². The molecule has 4 unspecified atom stereocenters. The van der Waals surface area contributed by atoms with Gasteiger partial charge in [-0.2, -0.15) is 0 Å².